The van der Waals surface area contributed by atoms with Crippen LogP contribution in [-0.4, -0.2) is 17.1 Å². The number of alkyl halides is 1. The topological polar surface area (TPSA) is 21.7 Å². The van der Waals surface area contributed by atoms with E-state index in [1.54, 1.807) is 0 Å². The molecule has 2 aliphatic heterocycles. The van der Waals surface area contributed by atoms with Crippen LogP contribution in [0.4, 0.5) is 0 Å². The van der Waals surface area contributed by atoms with Gasteiger partial charge in [-0.3, -0.25) is 4.84 Å². The monoisotopic (exact) mass is 329 g/mol. The molecule has 0 bridgehead atoms. The molecular weight excluding hydrogens is 318 g/mol. The predicted molar refractivity (Wildman–Crippen MR) is 81.4 cm³/mol. The second-order valence-corrected chi connectivity index (χ2v) is 5.19. The molecule has 2 aromatic carbocycles. The third-order valence-corrected chi connectivity index (χ3v) is 4.04. The highest BCUT2D eigenvalue weighted by atomic mass is 79.9. The van der Waals surface area contributed by atoms with Gasteiger partial charge >= 0.3 is 0 Å². The van der Waals surface area contributed by atoms with Crippen molar-refractivity contribution in [3.05, 3.63) is 59.7 Å². The Morgan fingerprint density at radius 2 is 1.60 bits per heavy atom. The number of nitrogens with zero attached hydrogens (tertiary/aromatic N) is 1. The summed E-state index contributed by atoms with van der Waals surface area (Å²) in [6.45, 7) is 0.565. The fourth-order valence-corrected chi connectivity index (χ4v) is 3.09. The van der Waals surface area contributed by atoms with E-state index < -0.39 is 0 Å². The van der Waals surface area contributed by atoms with Crippen LogP contribution in [-0.2, 0) is 4.84 Å². The van der Waals surface area contributed by atoms with Gasteiger partial charge in [0, 0.05) is 16.7 Å². The number of halogens is 1. The normalized spacial score (nSPS) is 16.1. The minimum absolute atomic E-state index is 0.565. The summed E-state index contributed by atoms with van der Waals surface area (Å²) in [4.78, 5) is 5.78. The third kappa shape index (κ3) is 1.69. The number of fused-ring (bicyclic) bond motifs is 4. The van der Waals surface area contributed by atoms with Crippen molar-refractivity contribution in [1.82, 2.24) is 5.06 Å². The average Bonchev–Trinajstić information content (AvgIpc) is 2.86. The molecule has 2 aromatic rings. The molecule has 0 N–H and O–H groups in total. The molecule has 4 heteroatoms. The van der Waals surface area contributed by atoms with Gasteiger partial charge in [0.15, 0.2) is 0 Å². The van der Waals surface area contributed by atoms with Crippen LogP contribution < -0.4 is 4.74 Å². The van der Waals surface area contributed by atoms with Crippen molar-refractivity contribution >= 4 is 27.2 Å². The molecule has 0 unspecified atom stereocenters. The van der Waals surface area contributed by atoms with Gasteiger partial charge in [0.05, 0.1) is 5.70 Å². The molecule has 0 amide bonds. The average molecular weight is 330 g/mol. The minimum atomic E-state index is 0.565. The number of hydrogen-bond donors (Lipinski definition) is 0. The number of para-hydroxylation sites is 2. The molecule has 0 radical (unpaired) electrons. The van der Waals surface area contributed by atoms with Gasteiger partial charge in [-0.2, -0.15) is 0 Å². The van der Waals surface area contributed by atoms with Gasteiger partial charge in [-0.15, -0.1) is 0 Å². The summed E-state index contributed by atoms with van der Waals surface area (Å²) in [7, 11) is 0. The Labute approximate surface area is 125 Å². The van der Waals surface area contributed by atoms with Crippen LogP contribution in [0.25, 0.3) is 11.3 Å². The summed E-state index contributed by atoms with van der Waals surface area (Å²) in [6, 6.07) is 16.2. The van der Waals surface area contributed by atoms with Gasteiger partial charge in [-0.1, -0.05) is 46.3 Å². The number of benzene rings is 2. The van der Waals surface area contributed by atoms with Gasteiger partial charge in [0.2, 0.25) is 0 Å². The number of hydroxylamine groups is 2. The smallest absolute Gasteiger partial charge is 0.136 e. The zero-order valence-electron chi connectivity index (χ0n) is 10.7. The summed E-state index contributed by atoms with van der Waals surface area (Å²) >= 11 is 3.48. The van der Waals surface area contributed by atoms with E-state index in [0.29, 0.717) is 12.1 Å². The van der Waals surface area contributed by atoms with Crippen LogP contribution in [0.15, 0.2) is 48.5 Å². The van der Waals surface area contributed by atoms with E-state index in [1.165, 1.54) is 5.57 Å². The van der Waals surface area contributed by atoms with Crippen molar-refractivity contribution in [3.8, 4) is 11.5 Å². The molecule has 0 aromatic heterocycles. The molecule has 0 saturated carbocycles. The van der Waals surface area contributed by atoms with Crippen LogP contribution in [0.3, 0.4) is 0 Å². The van der Waals surface area contributed by atoms with Crippen molar-refractivity contribution < 1.29 is 9.57 Å². The third-order valence-electron chi connectivity index (χ3n) is 3.58. The standard InChI is InChI=1S/C16H12BrNO2/c17-10-18-16-12-6-2-4-8-15(12)20-14-7-3-1-5-11(14)13(16)9-19-18/h1-8H,9-10H2. The van der Waals surface area contributed by atoms with E-state index in [2.05, 4.69) is 28.1 Å². The maximum Gasteiger partial charge on any atom is 0.136 e. The lowest BCUT2D eigenvalue weighted by Gasteiger charge is -2.19. The first kappa shape index (κ1) is 12.0. The first-order valence-electron chi connectivity index (χ1n) is 6.44. The Bertz CT molecular complexity index is 711. The molecule has 2 heterocycles. The maximum absolute atomic E-state index is 6.09. The zero-order chi connectivity index (χ0) is 13.5. The van der Waals surface area contributed by atoms with Gasteiger partial charge in [0.25, 0.3) is 0 Å². The van der Waals surface area contributed by atoms with Crippen molar-refractivity contribution in [2.45, 2.75) is 0 Å². The number of ether oxygens (including phenoxy) is 1. The SMILES string of the molecule is BrCN1OCC2=C1c1ccccc1Oc1ccccc12. The number of rotatable bonds is 1. The van der Waals surface area contributed by atoms with Crippen LogP contribution in [0.1, 0.15) is 11.1 Å². The highest BCUT2D eigenvalue weighted by molar-refractivity contribution is 9.09. The second-order valence-electron chi connectivity index (χ2n) is 4.69. The molecule has 0 spiro atoms. The van der Waals surface area contributed by atoms with Crippen LogP contribution in [0, 0.1) is 0 Å². The summed E-state index contributed by atoms with van der Waals surface area (Å²) in [6.07, 6.45) is 0. The number of hydrogen-bond acceptors (Lipinski definition) is 3. The maximum atomic E-state index is 6.09. The van der Waals surface area contributed by atoms with E-state index in [-0.39, 0.29) is 0 Å². The summed E-state index contributed by atoms with van der Waals surface area (Å²) in [5.74, 6) is 1.74. The van der Waals surface area contributed by atoms with Gasteiger partial charge in [-0.05, 0) is 18.2 Å². The predicted octanol–water partition coefficient (Wildman–Crippen LogP) is 4.26. The van der Waals surface area contributed by atoms with E-state index in [9.17, 15) is 0 Å². The lowest BCUT2D eigenvalue weighted by atomic mass is 10.0. The summed E-state index contributed by atoms with van der Waals surface area (Å²) in [5.41, 5.74) is 5.05. The Kier molecular flexibility index (Phi) is 2.79. The first-order chi connectivity index (χ1) is 9.88. The van der Waals surface area contributed by atoms with Crippen LogP contribution >= 0.6 is 15.9 Å². The highest BCUT2D eigenvalue weighted by Gasteiger charge is 2.31. The van der Waals surface area contributed by atoms with Crippen LogP contribution in [0.2, 0.25) is 0 Å². The van der Waals surface area contributed by atoms with Gasteiger partial charge < -0.3 is 4.74 Å². The Morgan fingerprint density at radius 3 is 2.35 bits per heavy atom. The van der Waals surface area contributed by atoms with E-state index in [4.69, 9.17) is 9.57 Å². The first-order valence-corrected chi connectivity index (χ1v) is 7.57. The minimum Gasteiger partial charge on any atom is -0.456 e. The molecule has 3 nitrogen and oxygen atoms in total. The molecule has 0 atom stereocenters. The van der Waals surface area contributed by atoms with E-state index in [1.807, 2.05) is 41.5 Å². The molecule has 2 aliphatic rings. The zero-order valence-corrected chi connectivity index (χ0v) is 12.3. The molecule has 0 saturated heterocycles. The van der Waals surface area contributed by atoms with E-state index in [0.717, 1.165) is 28.3 Å². The molecule has 20 heavy (non-hydrogen) atoms. The molecule has 0 fully saturated rings. The lowest BCUT2D eigenvalue weighted by molar-refractivity contribution is -0.0617. The van der Waals surface area contributed by atoms with Gasteiger partial charge in [0.1, 0.15) is 23.6 Å². The lowest BCUT2D eigenvalue weighted by Crippen LogP contribution is -2.15. The van der Waals surface area contributed by atoms with Crippen molar-refractivity contribution in [3.63, 3.8) is 0 Å². The fraction of sp³-hybridized carbons (Fsp3) is 0.125. The summed E-state index contributed by atoms with van der Waals surface area (Å²) in [5, 5.41) is 1.87. The van der Waals surface area contributed by atoms with Gasteiger partial charge in [-0.25, -0.2) is 5.06 Å². The van der Waals surface area contributed by atoms with Crippen LogP contribution in [0.5, 0.6) is 11.5 Å². The molecule has 100 valence electrons. The quantitative estimate of drug-likeness (QED) is 0.576. The molecule has 0 aliphatic carbocycles. The second kappa shape index (κ2) is 4.65. The van der Waals surface area contributed by atoms with E-state index >= 15 is 0 Å². The Hall–Kier alpha value is -1.78. The van der Waals surface area contributed by atoms with Crippen molar-refractivity contribution in [2.75, 3.05) is 12.1 Å². The largest absolute Gasteiger partial charge is 0.456 e. The summed E-state index contributed by atoms with van der Waals surface area (Å²) < 4.78 is 6.09. The van der Waals surface area contributed by atoms with Crippen molar-refractivity contribution in [2.24, 2.45) is 0 Å². The fourth-order valence-electron chi connectivity index (χ4n) is 2.70. The molecular formula is C16H12BrNO2. The Balaban J connectivity index is 2.03. The molecule has 4 rings (SSSR count). The van der Waals surface area contributed by atoms with Crippen molar-refractivity contribution in [1.29, 1.82) is 0 Å². The Morgan fingerprint density at radius 1 is 0.950 bits per heavy atom. The highest BCUT2D eigenvalue weighted by Crippen LogP contribution is 2.46.